The minimum absolute atomic E-state index is 0.317. The highest BCUT2D eigenvalue weighted by Gasteiger charge is 2.51. The van der Waals surface area contributed by atoms with Crippen molar-refractivity contribution in [1.29, 1.82) is 0 Å². The fraction of sp³-hybridized carbons (Fsp3) is 0.241. The summed E-state index contributed by atoms with van der Waals surface area (Å²) in [6, 6.07) is 22.1. The molecular formula is C29H28N4O4. The molecule has 0 atom stereocenters. The summed E-state index contributed by atoms with van der Waals surface area (Å²) in [6.45, 7) is 5.13. The van der Waals surface area contributed by atoms with Crippen LogP contribution in [-0.4, -0.2) is 44.4 Å². The van der Waals surface area contributed by atoms with Crippen LogP contribution >= 0.6 is 0 Å². The van der Waals surface area contributed by atoms with Gasteiger partial charge < -0.3 is 9.84 Å². The molecule has 1 saturated heterocycles. The average molecular weight is 497 g/mol. The molecule has 3 heterocycles. The zero-order chi connectivity index (χ0) is 26.2. The van der Waals surface area contributed by atoms with Crippen molar-refractivity contribution in [2.24, 2.45) is 0 Å². The number of rotatable bonds is 8. The molecule has 3 amide bonds. The number of carbonyl (C=O) groups excluding carboxylic acids is 3. The molecule has 0 bridgehead atoms. The second-order valence-electron chi connectivity index (χ2n) is 9.57. The van der Waals surface area contributed by atoms with Gasteiger partial charge in [-0.3, -0.25) is 19.1 Å². The molecule has 5 rings (SSSR count). The second kappa shape index (κ2) is 9.54. The molecule has 1 fully saturated rings. The molecule has 0 radical (unpaired) electrons. The number of carbonyl (C=O) groups is 3. The molecule has 8 nitrogen and oxygen atoms in total. The smallest absolute Gasteiger partial charge is 0.325 e. The molecule has 0 saturated carbocycles. The molecular weight excluding hydrogens is 468 g/mol. The first-order valence-electron chi connectivity index (χ1n) is 12.2. The number of hydrogen-bond acceptors (Lipinski definition) is 5. The van der Waals surface area contributed by atoms with Crippen LogP contribution in [0.2, 0.25) is 0 Å². The summed E-state index contributed by atoms with van der Waals surface area (Å²) in [5.74, 6) is 0.506. The summed E-state index contributed by atoms with van der Waals surface area (Å²) in [6.07, 6.45) is 0.635. The van der Waals surface area contributed by atoms with E-state index in [1.54, 1.807) is 19.1 Å². The third-order valence-electron chi connectivity index (χ3n) is 6.82. The summed E-state index contributed by atoms with van der Waals surface area (Å²) in [7, 11) is 0. The number of ketones is 1. The minimum Gasteiger partial charge on any atom is -0.360 e. The van der Waals surface area contributed by atoms with Gasteiger partial charge in [0.1, 0.15) is 11.3 Å². The van der Waals surface area contributed by atoms with E-state index in [4.69, 9.17) is 4.52 Å². The highest BCUT2D eigenvalue weighted by molar-refractivity contribution is 6.11. The maximum atomic E-state index is 13.9. The predicted molar refractivity (Wildman–Crippen MR) is 138 cm³/mol. The number of urea groups is 1. The van der Waals surface area contributed by atoms with Crippen molar-refractivity contribution in [3.63, 3.8) is 0 Å². The Kier molecular flexibility index (Phi) is 6.25. The number of Topliss-reactive ketones (excluding diaryl/α,β-unsaturated/α-hetero) is 1. The lowest BCUT2D eigenvalue weighted by Gasteiger charge is -2.27. The zero-order valence-electron chi connectivity index (χ0n) is 21.0. The number of nitrogens with one attached hydrogen (secondary N) is 1. The van der Waals surface area contributed by atoms with Gasteiger partial charge in [-0.1, -0.05) is 65.8 Å². The summed E-state index contributed by atoms with van der Waals surface area (Å²) in [5.41, 5.74) is 2.56. The van der Waals surface area contributed by atoms with Gasteiger partial charge in [0.05, 0.1) is 6.54 Å². The Balaban J connectivity index is 1.43. The summed E-state index contributed by atoms with van der Waals surface area (Å²) in [4.78, 5) is 41.5. The average Bonchev–Trinajstić information content (AvgIpc) is 3.50. The van der Waals surface area contributed by atoms with Crippen LogP contribution in [0.1, 0.15) is 38.6 Å². The maximum absolute atomic E-state index is 13.9. The fourth-order valence-corrected chi connectivity index (χ4v) is 5.10. The van der Waals surface area contributed by atoms with Crippen LogP contribution < -0.4 is 5.32 Å². The van der Waals surface area contributed by atoms with Crippen molar-refractivity contribution in [3.05, 3.63) is 107 Å². The van der Waals surface area contributed by atoms with Gasteiger partial charge in [0.15, 0.2) is 11.6 Å². The van der Waals surface area contributed by atoms with Gasteiger partial charge in [-0.05, 0) is 38.0 Å². The quantitative estimate of drug-likeness (QED) is 0.289. The highest BCUT2D eigenvalue weighted by Crippen LogP contribution is 2.28. The molecule has 0 spiro atoms. The zero-order valence-corrected chi connectivity index (χ0v) is 21.0. The van der Waals surface area contributed by atoms with Crippen LogP contribution in [0.15, 0.2) is 77.3 Å². The summed E-state index contributed by atoms with van der Waals surface area (Å²) < 4.78 is 7.02. The van der Waals surface area contributed by atoms with Crippen LogP contribution in [-0.2, 0) is 17.6 Å². The molecule has 0 aliphatic carbocycles. The van der Waals surface area contributed by atoms with E-state index in [1.165, 1.54) is 0 Å². The van der Waals surface area contributed by atoms with E-state index in [2.05, 4.69) is 10.5 Å². The van der Waals surface area contributed by atoms with Crippen molar-refractivity contribution >= 4 is 17.7 Å². The van der Waals surface area contributed by atoms with Crippen LogP contribution in [0.4, 0.5) is 4.79 Å². The Morgan fingerprint density at radius 1 is 0.919 bits per heavy atom. The molecule has 2 aromatic heterocycles. The molecule has 188 valence electrons. The lowest BCUT2D eigenvalue weighted by molar-refractivity contribution is -0.131. The molecule has 1 aliphatic rings. The van der Waals surface area contributed by atoms with E-state index in [1.807, 2.05) is 79.1 Å². The summed E-state index contributed by atoms with van der Waals surface area (Å²) in [5, 5.41) is 6.99. The lowest BCUT2D eigenvalue weighted by atomic mass is 9.84. The van der Waals surface area contributed by atoms with Gasteiger partial charge >= 0.3 is 6.03 Å². The third kappa shape index (κ3) is 4.58. The standard InChI is InChI=1S/C29H28N4O4/c1-19-14-24(21(3)33(19)26-15-20(2)37-31-26)25(34)18-32-27(35)29(30-28(32)36,16-22-10-6-4-7-11-22)17-23-12-8-5-9-13-23/h4-15H,16-18H2,1-3H3,(H,30,36). The molecule has 0 unspecified atom stereocenters. The van der Waals surface area contributed by atoms with Gasteiger partial charge in [-0.2, -0.15) is 0 Å². The first-order valence-corrected chi connectivity index (χ1v) is 12.2. The SMILES string of the molecule is Cc1cc(-n2c(C)cc(C(=O)CN3C(=O)NC(Cc4ccccc4)(Cc4ccccc4)C3=O)c2C)no1. The number of amides is 3. The predicted octanol–water partition coefficient (Wildman–Crippen LogP) is 4.35. The number of imide groups is 1. The Bertz CT molecular complexity index is 1430. The number of aromatic nitrogens is 2. The minimum atomic E-state index is -1.19. The Morgan fingerprint density at radius 3 is 2.05 bits per heavy atom. The van der Waals surface area contributed by atoms with Crippen LogP contribution in [0.5, 0.6) is 0 Å². The second-order valence-corrected chi connectivity index (χ2v) is 9.57. The van der Waals surface area contributed by atoms with Gasteiger partial charge in [-0.15, -0.1) is 0 Å². The first-order chi connectivity index (χ1) is 17.8. The first kappa shape index (κ1) is 24.2. The van der Waals surface area contributed by atoms with E-state index in [0.29, 0.717) is 35.7 Å². The van der Waals surface area contributed by atoms with E-state index >= 15 is 0 Å². The number of benzene rings is 2. The molecule has 8 heteroatoms. The van der Waals surface area contributed by atoms with Crippen LogP contribution in [0.25, 0.3) is 5.82 Å². The summed E-state index contributed by atoms with van der Waals surface area (Å²) >= 11 is 0. The van der Waals surface area contributed by atoms with Crippen LogP contribution in [0, 0.1) is 20.8 Å². The largest absolute Gasteiger partial charge is 0.360 e. The number of hydrogen-bond donors (Lipinski definition) is 1. The van der Waals surface area contributed by atoms with Gasteiger partial charge in [0, 0.05) is 35.9 Å². The van der Waals surface area contributed by atoms with Gasteiger partial charge in [0.2, 0.25) is 0 Å². The van der Waals surface area contributed by atoms with Gasteiger partial charge in [-0.25, -0.2) is 4.79 Å². The van der Waals surface area contributed by atoms with E-state index in [-0.39, 0.29) is 12.3 Å². The Hall–Kier alpha value is -4.46. The van der Waals surface area contributed by atoms with Crippen molar-refractivity contribution in [2.75, 3.05) is 6.54 Å². The number of nitrogens with zero attached hydrogens (tertiary/aromatic N) is 3. The van der Waals surface area contributed by atoms with Crippen molar-refractivity contribution in [3.8, 4) is 5.82 Å². The van der Waals surface area contributed by atoms with Gasteiger partial charge in [0.25, 0.3) is 5.91 Å². The van der Waals surface area contributed by atoms with Crippen molar-refractivity contribution in [2.45, 2.75) is 39.2 Å². The topological polar surface area (TPSA) is 97.4 Å². The number of aryl methyl sites for hydroxylation is 2. The molecule has 2 aromatic carbocycles. The van der Waals surface area contributed by atoms with E-state index < -0.39 is 17.5 Å². The van der Waals surface area contributed by atoms with E-state index in [9.17, 15) is 14.4 Å². The van der Waals surface area contributed by atoms with Crippen molar-refractivity contribution < 1.29 is 18.9 Å². The van der Waals surface area contributed by atoms with E-state index in [0.717, 1.165) is 21.7 Å². The van der Waals surface area contributed by atoms with Crippen molar-refractivity contribution in [1.82, 2.24) is 19.9 Å². The Labute approximate surface area is 214 Å². The molecule has 1 N–H and O–H groups in total. The Morgan fingerprint density at radius 2 is 1.51 bits per heavy atom. The normalized spacial score (nSPS) is 14.7. The molecule has 4 aromatic rings. The lowest BCUT2D eigenvalue weighted by Crippen LogP contribution is -2.51. The fourth-order valence-electron chi connectivity index (χ4n) is 5.10. The highest BCUT2D eigenvalue weighted by atomic mass is 16.5. The maximum Gasteiger partial charge on any atom is 0.325 e. The third-order valence-corrected chi connectivity index (χ3v) is 6.82. The monoisotopic (exact) mass is 496 g/mol. The molecule has 37 heavy (non-hydrogen) atoms. The molecule has 1 aliphatic heterocycles. The van der Waals surface area contributed by atoms with Crippen LogP contribution in [0.3, 0.4) is 0 Å².